The van der Waals surface area contributed by atoms with Crippen LogP contribution in [0.2, 0.25) is 5.02 Å². The normalized spacial score (nSPS) is 11.3. The van der Waals surface area contributed by atoms with E-state index in [4.69, 9.17) is 11.6 Å². The highest BCUT2D eigenvalue weighted by Crippen LogP contribution is 2.36. The molecular formula is C17H16ClF3N2O. The number of carbonyl (C=O) groups excluding carboxylic acids is 1. The number of nitrogens with one attached hydrogen (secondary N) is 2. The first kappa shape index (κ1) is 18.3. The lowest BCUT2D eigenvalue weighted by Crippen LogP contribution is -2.22. The van der Waals surface area contributed by atoms with Crippen molar-refractivity contribution in [1.82, 2.24) is 5.32 Å². The van der Waals surface area contributed by atoms with Gasteiger partial charge < -0.3 is 10.6 Å². The fraction of sp³-hybridized carbons (Fsp3) is 0.235. The molecule has 24 heavy (non-hydrogen) atoms. The smallest absolute Gasteiger partial charge is 0.325 e. The van der Waals surface area contributed by atoms with Gasteiger partial charge in [0.15, 0.2) is 0 Å². The van der Waals surface area contributed by atoms with E-state index in [1.54, 1.807) is 0 Å². The number of hydrogen-bond acceptors (Lipinski definition) is 2. The van der Waals surface area contributed by atoms with Gasteiger partial charge in [-0.25, -0.2) is 0 Å². The predicted molar refractivity (Wildman–Crippen MR) is 87.8 cm³/mol. The molecule has 3 nitrogen and oxygen atoms in total. The van der Waals surface area contributed by atoms with Crippen molar-refractivity contribution in [3.05, 3.63) is 64.7 Å². The lowest BCUT2D eigenvalue weighted by Gasteiger charge is -2.14. The van der Waals surface area contributed by atoms with Crippen molar-refractivity contribution in [1.29, 1.82) is 0 Å². The minimum absolute atomic E-state index is 0.0372. The third kappa shape index (κ3) is 5.54. The summed E-state index contributed by atoms with van der Waals surface area (Å²) in [5.41, 5.74) is -0.185. The molecule has 2 rings (SSSR count). The van der Waals surface area contributed by atoms with Crippen LogP contribution in [-0.2, 0) is 17.5 Å². The molecule has 0 bridgehead atoms. The Morgan fingerprint density at radius 1 is 1.08 bits per heavy atom. The van der Waals surface area contributed by atoms with Gasteiger partial charge in [-0.05, 0) is 23.8 Å². The second kappa shape index (κ2) is 8.17. The summed E-state index contributed by atoms with van der Waals surface area (Å²) in [6.07, 6.45) is -4.52. The van der Waals surface area contributed by atoms with Gasteiger partial charge in [0.25, 0.3) is 0 Å². The van der Waals surface area contributed by atoms with Crippen molar-refractivity contribution < 1.29 is 18.0 Å². The Balaban J connectivity index is 1.86. The highest BCUT2D eigenvalue weighted by Gasteiger charge is 2.34. The van der Waals surface area contributed by atoms with Crippen molar-refractivity contribution in [3.63, 3.8) is 0 Å². The number of rotatable bonds is 6. The molecule has 0 saturated carbocycles. The van der Waals surface area contributed by atoms with Gasteiger partial charge in [-0.1, -0.05) is 41.9 Å². The first-order chi connectivity index (χ1) is 11.4. The lowest BCUT2D eigenvalue weighted by atomic mass is 10.1. The Morgan fingerprint density at radius 2 is 1.79 bits per heavy atom. The maximum Gasteiger partial charge on any atom is 0.418 e. The summed E-state index contributed by atoms with van der Waals surface area (Å²) < 4.78 is 38.9. The van der Waals surface area contributed by atoms with Crippen LogP contribution in [0.1, 0.15) is 17.5 Å². The second-order valence-electron chi connectivity index (χ2n) is 5.15. The molecule has 0 radical (unpaired) electrons. The van der Waals surface area contributed by atoms with Crippen molar-refractivity contribution in [3.8, 4) is 0 Å². The van der Waals surface area contributed by atoms with Crippen LogP contribution in [0.5, 0.6) is 0 Å². The summed E-state index contributed by atoms with van der Waals surface area (Å²) in [6.45, 7) is 0.943. The monoisotopic (exact) mass is 356 g/mol. The molecule has 1 amide bonds. The van der Waals surface area contributed by atoms with Crippen LogP contribution >= 0.6 is 11.6 Å². The van der Waals surface area contributed by atoms with E-state index in [1.165, 1.54) is 6.07 Å². The van der Waals surface area contributed by atoms with Crippen LogP contribution in [-0.4, -0.2) is 12.5 Å². The van der Waals surface area contributed by atoms with E-state index in [2.05, 4.69) is 10.6 Å². The highest BCUT2D eigenvalue weighted by atomic mass is 35.5. The number of alkyl halides is 3. The zero-order valence-corrected chi connectivity index (χ0v) is 13.4. The highest BCUT2D eigenvalue weighted by molar-refractivity contribution is 6.30. The molecule has 2 N–H and O–H groups in total. The molecule has 0 fully saturated rings. The maximum atomic E-state index is 13.0. The fourth-order valence-electron chi connectivity index (χ4n) is 2.10. The average Bonchev–Trinajstić information content (AvgIpc) is 2.53. The Labute approximate surface area is 142 Å². The van der Waals surface area contributed by atoms with E-state index >= 15 is 0 Å². The van der Waals surface area contributed by atoms with Crippen LogP contribution in [0.3, 0.4) is 0 Å². The molecule has 2 aromatic rings. The quantitative estimate of drug-likeness (QED) is 0.749. The van der Waals surface area contributed by atoms with Gasteiger partial charge in [-0.15, -0.1) is 0 Å². The van der Waals surface area contributed by atoms with Gasteiger partial charge in [-0.2, -0.15) is 13.2 Å². The van der Waals surface area contributed by atoms with Crippen molar-refractivity contribution in [2.24, 2.45) is 0 Å². The molecule has 128 valence electrons. The largest absolute Gasteiger partial charge is 0.418 e. The van der Waals surface area contributed by atoms with Gasteiger partial charge in [0.2, 0.25) is 5.91 Å². The van der Waals surface area contributed by atoms with E-state index in [9.17, 15) is 18.0 Å². The Bertz CT molecular complexity index is 690. The van der Waals surface area contributed by atoms with Gasteiger partial charge in [0, 0.05) is 24.5 Å². The Hall–Kier alpha value is -2.05. The van der Waals surface area contributed by atoms with Gasteiger partial charge in [0.05, 0.1) is 11.3 Å². The van der Waals surface area contributed by atoms with Crippen LogP contribution < -0.4 is 10.6 Å². The van der Waals surface area contributed by atoms with E-state index < -0.39 is 17.6 Å². The zero-order chi connectivity index (χ0) is 17.6. The Morgan fingerprint density at radius 3 is 2.46 bits per heavy atom. The number of amides is 1. The molecule has 0 heterocycles. The number of benzene rings is 2. The van der Waals surface area contributed by atoms with E-state index in [0.29, 0.717) is 13.1 Å². The minimum Gasteiger partial charge on any atom is -0.325 e. The maximum absolute atomic E-state index is 13.0. The predicted octanol–water partition coefficient (Wildman–Crippen LogP) is 4.48. The Kier molecular flexibility index (Phi) is 6.23. The fourth-order valence-corrected chi connectivity index (χ4v) is 2.28. The molecule has 0 unspecified atom stereocenters. The van der Waals surface area contributed by atoms with E-state index in [-0.39, 0.29) is 17.1 Å². The summed E-state index contributed by atoms with van der Waals surface area (Å²) in [6, 6.07) is 12.9. The molecule has 0 aliphatic rings. The molecule has 2 aromatic carbocycles. The average molecular weight is 357 g/mol. The number of anilines is 1. The molecule has 7 heteroatoms. The summed E-state index contributed by atoms with van der Waals surface area (Å²) >= 11 is 5.60. The number of hydrogen-bond donors (Lipinski definition) is 2. The summed E-state index contributed by atoms with van der Waals surface area (Å²) in [7, 11) is 0. The summed E-state index contributed by atoms with van der Waals surface area (Å²) in [5, 5.41) is 5.32. The van der Waals surface area contributed by atoms with Gasteiger partial charge >= 0.3 is 6.18 Å². The van der Waals surface area contributed by atoms with E-state index in [1.807, 2.05) is 30.3 Å². The molecular weight excluding hydrogens is 341 g/mol. The first-order valence-corrected chi connectivity index (χ1v) is 7.65. The minimum atomic E-state index is -4.58. The standard InChI is InChI=1S/C17H16ClF3N2O/c18-13-6-7-15(14(10-13)17(19,20)21)23-16(24)8-9-22-11-12-4-2-1-3-5-12/h1-7,10,22H,8-9,11H2,(H,23,24). The van der Waals surface area contributed by atoms with Crippen LogP contribution in [0.25, 0.3) is 0 Å². The SMILES string of the molecule is O=C(CCNCc1ccccc1)Nc1ccc(Cl)cc1C(F)(F)F. The summed E-state index contributed by atoms with van der Waals surface area (Å²) in [4.78, 5) is 11.8. The van der Waals surface area contributed by atoms with E-state index in [0.717, 1.165) is 17.7 Å². The van der Waals surface area contributed by atoms with Gasteiger partial charge in [0.1, 0.15) is 0 Å². The first-order valence-electron chi connectivity index (χ1n) is 7.27. The molecule has 0 aliphatic heterocycles. The molecule has 0 aliphatic carbocycles. The van der Waals surface area contributed by atoms with Crippen molar-refractivity contribution >= 4 is 23.2 Å². The number of carbonyl (C=O) groups is 1. The molecule has 0 atom stereocenters. The van der Waals surface area contributed by atoms with Crippen LogP contribution in [0.4, 0.5) is 18.9 Å². The molecule has 0 spiro atoms. The van der Waals surface area contributed by atoms with Crippen molar-refractivity contribution in [2.75, 3.05) is 11.9 Å². The van der Waals surface area contributed by atoms with Crippen LogP contribution in [0.15, 0.2) is 48.5 Å². The third-order valence-electron chi connectivity index (χ3n) is 3.26. The lowest BCUT2D eigenvalue weighted by molar-refractivity contribution is -0.137. The van der Waals surface area contributed by atoms with Gasteiger partial charge in [-0.3, -0.25) is 4.79 Å². The molecule has 0 saturated heterocycles. The summed E-state index contributed by atoms with van der Waals surface area (Å²) in [5.74, 6) is -0.497. The topological polar surface area (TPSA) is 41.1 Å². The second-order valence-corrected chi connectivity index (χ2v) is 5.58. The molecule has 0 aromatic heterocycles. The zero-order valence-electron chi connectivity index (χ0n) is 12.7. The van der Waals surface area contributed by atoms with Crippen molar-refractivity contribution in [2.45, 2.75) is 19.1 Å². The van der Waals surface area contributed by atoms with Crippen LogP contribution in [0, 0.1) is 0 Å². The third-order valence-corrected chi connectivity index (χ3v) is 3.50. The number of halogens is 4.